The van der Waals surface area contributed by atoms with Crippen molar-refractivity contribution in [1.29, 1.82) is 0 Å². The first-order valence-corrected chi connectivity index (χ1v) is 12.6. The molecule has 0 aliphatic heterocycles. The second-order valence-electron chi connectivity index (χ2n) is 12.2. The normalized spacial score (nSPS) is 21.9. The van der Waals surface area contributed by atoms with Crippen molar-refractivity contribution in [1.82, 2.24) is 10.6 Å². The first kappa shape index (κ1) is 29.9. The third-order valence-electron chi connectivity index (χ3n) is 6.26. The van der Waals surface area contributed by atoms with Gasteiger partial charge >= 0.3 is 12.2 Å². The minimum Gasteiger partial charge on any atom is -0.319 e. The van der Waals surface area contributed by atoms with Crippen LogP contribution < -0.4 is 10.6 Å². The highest BCUT2D eigenvalue weighted by molar-refractivity contribution is 5.88. The van der Waals surface area contributed by atoms with Crippen LogP contribution in [0.2, 0.25) is 0 Å². The van der Waals surface area contributed by atoms with Crippen molar-refractivity contribution in [2.24, 2.45) is 44.8 Å². The van der Waals surface area contributed by atoms with Crippen molar-refractivity contribution in [2.75, 3.05) is 6.54 Å². The predicted molar refractivity (Wildman–Crippen MR) is 142 cm³/mol. The van der Waals surface area contributed by atoms with Crippen LogP contribution in [0.4, 0.5) is 9.59 Å². The van der Waals surface area contributed by atoms with Gasteiger partial charge in [0.25, 0.3) is 0 Å². The van der Waals surface area contributed by atoms with Crippen molar-refractivity contribution < 1.29 is 22.1 Å². The maximum absolute atomic E-state index is 12.5. The average molecular weight is 485 g/mol. The minimum absolute atomic E-state index is 0. The Morgan fingerprint density at radius 1 is 0.824 bits per heavy atom. The molecule has 0 aromatic carbocycles. The topological polar surface area (TPSA) is 101 Å². The molecule has 2 N–H and O–H groups in total. The number of amides is 2. The van der Waals surface area contributed by atoms with Crippen molar-refractivity contribution >= 4 is 23.6 Å². The van der Waals surface area contributed by atoms with Gasteiger partial charge in [0, 0.05) is 15.4 Å². The Balaban J connectivity index is 0. The van der Waals surface area contributed by atoms with E-state index in [0.717, 1.165) is 24.3 Å². The van der Waals surface area contributed by atoms with Gasteiger partial charge in [-0.05, 0) is 53.8 Å². The summed E-state index contributed by atoms with van der Waals surface area (Å²) in [6.07, 6.45) is 1.34. The SMILES string of the molecule is CC(C)C(=NOC(=O)NCC1(C)CC(NC(=O)ON=C(C(C)C)C(C)C)CC(C)(C)C1)C(C)C.[HH].[HH]. The Labute approximate surface area is 209 Å². The quantitative estimate of drug-likeness (QED) is 0.212. The average Bonchev–Trinajstić information content (AvgIpc) is 2.64. The molecule has 1 fully saturated rings. The molecule has 2 atom stereocenters. The van der Waals surface area contributed by atoms with E-state index in [4.69, 9.17) is 9.68 Å². The zero-order valence-corrected chi connectivity index (χ0v) is 23.2. The molecule has 2 unspecified atom stereocenters. The molecule has 0 aromatic rings. The second-order valence-corrected chi connectivity index (χ2v) is 12.2. The van der Waals surface area contributed by atoms with Crippen LogP contribution in [-0.4, -0.2) is 36.2 Å². The zero-order chi connectivity index (χ0) is 26.3. The first-order chi connectivity index (χ1) is 15.5. The van der Waals surface area contributed by atoms with Crippen LogP contribution in [0.15, 0.2) is 10.3 Å². The molecule has 0 saturated heterocycles. The number of oxime groups is 2. The number of hydrogen-bond donors (Lipinski definition) is 2. The lowest BCUT2D eigenvalue weighted by atomic mass is 9.62. The highest BCUT2D eigenvalue weighted by Gasteiger charge is 2.42. The van der Waals surface area contributed by atoms with Gasteiger partial charge in [-0.1, -0.05) is 86.5 Å². The smallest absolute Gasteiger partial charge is 0.319 e. The summed E-state index contributed by atoms with van der Waals surface area (Å²) in [4.78, 5) is 35.1. The molecule has 0 heterocycles. The van der Waals surface area contributed by atoms with E-state index in [2.05, 4.69) is 41.7 Å². The van der Waals surface area contributed by atoms with Crippen LogP contribution >= 0.6 is 0 Å². The number of carbonyl (C=O) groups is 2. The van der Waals surface area contributed by atoms with E-state index in [1.54, 1.807) is 0 Å². The maximum Gasteiger partial charge on any atom is 0.433 e. The Bertz CT molecular complexity index is 747. The fraction of sp³-hybridized carbons (Fsp3) is 0.846. The molecule has 200 valence electrons. The molecule has 0 spiro atoms. The van der Waals surface area contributed by atoms with E-state index in [1.807, 2.05) is 55.4 Å². The van der Waals surface area contributed by atoms with E-state index in [0.29, 0.717) is 13.0 Å². The molecule has 34 heavy (non-hydrogen) atoms. The fourth-order valence-corrected chi connectivity index (χ4v) is 5.32. The largest absolute Gasteiger partial charge is 0.433 e. The molecule has 0 bridgehead atoms. The molecule has 1 rings (SSSR count). The van der Waals surface area contributed by atoms with Gasteiger partial charge in [-0.25, -0.2) is 9.59 Å². The summed E-state index contributed by atoms with van der Waals surface area (Å²) in [7, 11) is 0. The van der Waals surface area contributed by atoms with Crippen molar-refractivity contribution in [2.45, 2.75) is 101 Å². The maximum atomic E-state index is 12.5. The second kappa shape index (κ2) is 12.5. The molecule has 8 heteroatoms. The van der Waals surface area contributed by atoms with Crippen LogP contribution in [0.25, 0.3) is 0 Å². The highest BCUT2D eigenvalue weighted by Crippen LogP contribution is 2.45. The Morgan fingerprint density at radius 3 is 1.71 bits per heavy atom. The third-order valence-corrected chi connectivity index (χ3v) is 6.26. The first-order valence-electron chi connectivity index (χ1n) is 12.6. The minimum atomic E-state index is -0.559. The van der Waals surface area contributed by atoms with Crippen molar-refractivity contribution in [3.05, 3.63) is 0 Å². The van der Waals surface area contributed by atoms with Crippen LogP contribution in [0.5, 0.6) is 0 Å². The number of hydrogen-bond acceptors (Lipinski definition) is 6. The van der Waals surface area contributed by atoms with E-state index >= 15 is 0 Å². The van der Waals surface area contributed by atoms with Crippen LogP contribution in [0, 0.1) is 34.5 Å². The Kier molecular flexibility index (Phi) is 11.0. The van der Waals surface area contributed by atoms with Crippen molar-refractivity contribution in [3.8, 4) is 0 Å². The van der Waals surface area contributed by atoms with Gasteiger partial charge in [0.2, 0.25) is 0 Å². The van der Waals surface area contributed by atoms with Gasteiger partial charge < -0.3 is 10.6 Å². The van der Waals surface area contributed by atoms with E-state index < -0.39 is 12.2 Å². The molecule has 2 amide bonds. The van der Waals surface area contributed by atoms with Crippen LogP contribution in [0.3, 0.4) is 0 Å². The summed E-state index contributed by atoms with van der Waals surface area (Å²) in [6.45, 7) is 23.2. The lowest BCUT2D eigenvalue weighted by Gasteiger charge is -2.46. The van der Waals surface area contributed by atoms with E-state index in [1.165, 1.54) is 0 Å². The molecule has 1 aliphatic carbocycles. The molecule has 1 aliphatic rings. The molecule has 0 radical (unpaired) electrons. The molecular formula is C26H52N4O4. The third kappa shape index (κ3) is 10.0. The summed E-state index contributed by atoms with van der Waals surface area (Å²) < 4.78 is 0. The number of carbonyl (C=O) groups excluding carboxylic acids is 2. The fourth-order valence-electron chi connectivity index (χ4n) is 5.32. The molecule has 8 nitrogen and oxygen atoms in total. The number of rotatable bonds is 9. The predicted octanol–water partition coefficient (Wildman–Crippen LogP) is 6.85. The van der Waals surface area contributed by atoms with E-state index in [9.17, 15) is 9.59 Å². The standard InChI is InChI=1S/C26H48N4O4.2H2/c1-16(2)21(17(3)4)29-33-23(31)27-15-26(11)13-20(12-25(9,10)14-26)28-24(32)34-30-22(18(5)6)19(7)8;;/h16-20H,12-15H2,1-11H3,(H,27,31)(H,28,32);2*1H. The lowest BCUT2D eigenvalue weighted by molar-refractivity contribution is 0.0628. The van der Waals surface area contributed by atoms with Gasteiger partial charge in [0.1, 0.15) is 0 Å². The van der Waals surface area contributed by atoms with Crippen LogP contribution in [0.1, 0.15) is 98.3 Å². The summed E-state index contributed by atoms with van der Waals surface area (Å²) in [5, 5.41) is 14.0. The van der Waals surface area contributed by atoms with Gasteiger partial charge in [-0.3, -0.25) is 9.68 Å². The summed E-state index contributed by atoms with van der Waals surface area (Å²) in [5.74, 6) is 0.823. The van der Waals surface area contributed by atoms with Crippen molar-refractivity contribution in [3.63, 3.8) is 0 Å². The summed E-state index contributed by atoms with van der Waals surface area (Å²) in [6, 6.07) is -0.0812. The number of nitrogens with one attached hydrogen (secondary N) is 2. The van der Waals surface area contributed by atoms with Gasteiger partial charge in [-0.2, -0.15) is 0 Å². The van der Waals surface area contributed by atoms with Gasteiger partial charge in [0.05, 0.1) is 11.4 Å². The zero-order valence-electron chi connectivity index (χ0n) is 23.2. The molecular weight excluding hydrogens is 432 g/mol. The van der Waals surface area contributed by atoms with Gasteiger partial charge in [-0.15, -0.1) is 0 Å². The Hall–Kier alpha value is -2.12. The summed E-state index contributed by atoms with van der Waals surface area (Å²) in [5.41, 5.74) is 1.48. The molecule has 0 aromatic heterocycles. The van der Waals surface area contributed by atoms with E-state index in [-0.39, 0.29) is 43.4 Å². The van der Waals surface area contributed by atoms with Crippen LogP contribution in [-0.2, 0) is 9.68 Å². The number of nitrogens with zero attached hydrogens (tertiary/aromatic N) is 2. The monoisotopic (exact) mass is 484 g/mol. The Morgan fingerprint density at radius 2 is 1.26 bits per heavy atom. The summed E-state index contributed by atoms with van der Waals surface area (Å²) >= 11 is 0. The lowest BCUT2D eigenvalue weighted by Crippen LogP contribution is -2.50. The molecule has 1 saturated carbocycles. The highest BCUT2D eigenvalue weighted by atomic mass is 16.7. The van der Waals surface area contributed by atoms with Gasteiger partial charge in [0.15, 0.2) is 0 Å².